The van der Waals surface area contributed by atoms with Crippen molar-refractivity contribution in [3.63, 3.8) is 0 Å². The fraction of sp³-hybridized carbons (Fsp3) is 0.368. The second-order valence-electron chi connectivity index (χ2n) is 6.74. The molecule has 3 aromatic rings. The molecule has 1 fully saturated rings. The number of carbonyl (C=O) groups excluding carboxylic acids is 1. The molecule has 0 aliphatic heterocycles. The number of anilines is 1. The minimum Gasteiger partial charge on any atom is -0.443 e. The summed E-state index contributed by atoms with van der Waals surface area (Å²) in [5, 5.41) is 13.0. The van der Waals surface area contributed by atoms with Crippen LogP contribution in [0.25, 0.3) is 22.2 Å². The molecule has 2 N–H and O–H groups in total. The number of aliphatic hydroxyl groups excluding tert-OH is 1. The van der Waals surface area contributed by atoms with Crippen molar-refractivity contribution in [3.8, 4) is 11.3 Å². The predicted molar refractivity (Wildman–Crippen MR) is 96.2 cm³/mol. The number of oxazole rings is 1. The summed E-state index contributed by atoms with van der Waals surface area (Å²) < 4.78 is 5.31. The van der Waals surface area contributed by atoms with Gasteiger partial charge in [0.2, 0.25) is 5.91 Å². The maximum absolute atomic E-state index is 12.5. The molecule has 0 bridgehead atoms. The number of fused-ring (bicyclic) bond motifs is 1. The number of carbonyl (C=O) groups is 1. The summed E-state index contributed by atoms with van der Waals surface area (Å²) in [4.78, 5) is 25.1. The fourth-order valence-electron chi connectivity index (χ4n) is 3.43. The molecule has 0 saturated heterocycles. The van der Waals surface area contributed by atoms with E-state index in [-0.39, 0.29) is 18.4 Å². The fourth-order valence-corrected chi connectivity index (χ4v) is 3.43. The zero-order chi connectivity index (χ0) is 17.9. The maximum Gasteiger partial charge on any atom is 0.228 e. The second-order valence-corrected chi connectivity index (χ2v) is 6.74. The Morgan fingerprint density at radius 3 is 2.73 bits per heavy atom. The van der Waals surface area contributed by atoms with E-state index in [2.05, 4.69) is 20.3 Å². The Kier molecular flexibility index (Phi) is 4.62. The number of pyridine rings is 2. The highest BCUT2D eigenvalue weighted by Gasteiger charge is 2.26. The summed E-state index contributed by atoms with van der Waals surface area (Å²) in [6.45, 7) is 0.209. The number of amides is 1. The largest absolute Gasteiger partial charge is 0.443 e. The lowest BCUT2D eigenvalue weighted by atomic mass is 9.82. The topological polar surface area (TPSA) is 101 Å². The van der Waals surface area contributed by atoms with Gasteiger partial charge in [-0.05, 0) is 43.7 Å². The minimum atomic E-state index is -0.0195. The van der Waals surface area contributed by atoms with Crippen LogP contribution in [0.1, 0.15) is 25.7 Å². The van der Waals surface area contributed by atoms with Gasteiger partial charge in [-0.15, -0.1) is 0 Å². The molecule has 1 amide bonds. The molecule has 0 spiro atoms. The number of aliphatic hydroxyl groups is 1. The van der Waals surface area contributed by atoms with Crippen LogP contribution in [0.4, 0.5) is 5.82 Å². The Labute approximate surface area is 150 Å². The third-order valence-electron chi connectivity index (χ3n) is 5.01. The third-order valence-corrected chi connectivity index (χ3v) is 5.01. The first kappa shape index (κ1) is 16.7. The van der Waals surface area contributed by atoms with Crippen molar-refractivity contribution in [3.05, 3.63) is 37.1 Å². The lowest BCUT2D eigenvalue weighted by Gasteiger charge is -2.26. The van der Waals surface area contributed by atoms with E-state index in [1.807, 2.05) is 12.1 Å². The van der Waals surface area contributed by atoms with E-state index in [0.717, 1.165) is 42.1 Å². The van der Waals surface area contributed by atoms with Crippen molar-refractivity contribution in [2.24, 2.45) is 11.8 Å². The molecule has 0 aromatic carbocycles. The van der Waals surface area contributed by atoms with E-state index < -0.39 is 0 Å². The average molecular weight is 352 g/mol. The first-order valence-electron chi connectivity index (χ1n) is 8.79. The Bertz CT molecular complexity index is 902. The van der Waals surface area contributed by atoms with Crippen molar-refractivity contribution in [2.45, 2.75) is 25.7 Å². The average Bonchev–Trinajstić information content (AvgIpc) is 3.22. The van der Waals surface area contributed by atoms with Crippen LogP contribution >= 0.6 is 0 Å². The van der Waals surface area contributed by atoms with E-state index in [0.29, 0.717) is 17.5 Å². The first-order chi connectivity index (χ1) is 12.7. The lowest BCUT2D eigenvalue weighted by Crippen LogP contribution is -2.28. The van der Waals surface area contributed by atoms with Crippen LogP contribution < -0.4 is 5.32 Å². The molecule has 7 heteroatoms. The summed E-state index contributed by atoms with van der Waals surface area (Å²) in [7, 11) is 0. The van der Waals surface area contributed by atoms with Crippen molar-refractivity contribution in [2.75, 3.05) is 11.9 Å². The molecule has 0 unspecified atom stereocenters. The standard InChI is InChI=1S/C19H20N4O3/c24-10-12-1-3-13(4-2-12)19(25)23-18-6-14-5-15(17-9-20-11-26-17)7-21-16(14)8-22-18/h5-9,11-13,24H,1-4,10H2,(H,22,23,25)/t12-,13-. The van der Waals surface area contributed by atoms with Crippen molar-refractivity contribution in [1.82, 2.24) is 15.0 Å². The molecular formula is C19H20N4O3. The zero-order valence-electron chi connectivity index (χ0n) is 14.3. The number of hydrogen-bond acceptors (Lipinski definition) is 6. The van der Waals surface area contributed by atoms with E-state index in [1.54, 1.807) is 18.6 Å². The van der Waals surface area contributed by atoms with E-state index in [9.17, 15) is 9.90 Å². The van der Waals surface area contributed by atoms with E-state index in [1.165, 1.54) is 6.39 Å². The molecule has 3 aromatic heterocycles. The van der Waals surface area contributed by atoms with Crippen molar-refractivity contribution >= 4 is 22.6 Å². The molecule has 1 aliphatic carbocycles. The quantitative estimate of drug-likeness (QED) is 0.748. The summed E-state index contributed by atoms with van der Waals surface area (Å²) in [6.07, 6.45) is 9.77. The molecular weight excluding hydrogens is 332 g/mol. The molecule has 1 aliphatic rings. The van der Waals surface area contributed by atoms with Gasteiger partial charge in [0, 0.05) is 29.7 Å². The van der Waals surface area contributed by atoms with Gasteiger partial charge in [-0.2, -0.15) is 0 Å². The number of nitrogens with one attached hydrogen (secondary N) is 1. The van der Waals surface area contributed by atoms with Crippen LogP contribution in [0.5, 0.6) is 0 Å². The van der Waals surface area contributed by atoms with Crippen LogP contribution in [0.15, 0.2) is 41.5 Å². The SMILES string of the molecule is O=C(Nc1cc2cc(-c3cnco3)cnc2cn1)[C@H]1CC[C@H](CO)CC1. The van der Waals surface area contributed by atoms with Gasteiger partial charge in [0.15, 0.2) is 12.2 Å². The van der Waals surface area contributed by atoms with Gasteiger partial charge in [0.05, 0.1) is 17.9 Å². The molecule has 7 nitrogen and oxygen atoms in total. The smallest absolute Gasteiger partial charge is 0.228 e. The van der Waals surface area contributed by atoms with Crippen LogP contribution in [0.2, 0.25) is 0 Å². The van der Waals surface area contributed by atoms with Gasteiger partial charge in [0.25, 0.3) is 0 Å². The van der Waals surface area contributed by atoms with E-state index in [4.69, 9.17) is 4.42 Å². The van der Waals surface area contributed by atoms with E-state index >= 15 is 0 Å². The van der Waals surface area contributed by atoms with Crippen molar-refractivity contribution < 1.29 is 14.3 Å². The Morgan fingerprint density at radius 2 is 2.00 bits per heavy atom. The molecule has 134 valence electrons. The molecule has 4 rings (SSSR count). The Hall–Kier alpha value is -2.80. The summed E-state index contributed by atoms with van der Waals surface area (Å²) in [5.74, 6) is 1.46. The summed E-state index contributed by atoms with van der Waals surface area (Å²) in [6, 6.07) is 3.76. The highest BCUT2D eigenvalue weighted by Crippen LogP contribution is 2.29. The molecule has 0 radical (unpaired) electrons. The van der Waals surface area contributed by atoms with Gasteiger partial charge in [-0.1, -0.05) is 0 Å². The maximum atomic E-state index is 12.5. The normalized spacial score (nSPS) is 20.2. The van der Waals surface area contributed by atoms with Crippen LogP contribution in [0.3, 0.4) is 0 Å². The Balaban J connectivity index is 1.50. The van der Waals surface area contributed by atoms with Crippen molar-refractivity contribution in [1.29, 1.82) is 0 Å². The third kappa shape index (κ3) is 3.43. The van der Waals surface area contributed by atoms with Gasteiger partial charge in [0.1, 0.15) is 5.82 Å². The van der Waals surface area contributed by atoms with Crippen LogP contribution in [-0.4, -0.2) is 32.6 Å². The molecule has 0 atom stereocenters. The van der Waals surface area contributed by atoms with Gasteiger partial charge in [-0.25, -0.2) is 9.97 Å². The highest BCUT2D eigenvalue weighted by molar-refractivity contribution is 5.94. The summed E-state index contributed by atoms with van der Waals surface area (Å²) >= 11 is 0. The number of nitrogens with zero attached hydrogens (tertiary/aromatic N) is 3. The molecule has 3 heterocycles. The second kappa shape index (κ2) is 7.21. The van der Waals surface area contributed by atoms with Gasteiger partial charge >= 0.3 is 0 Å². The van der Waals surface area contributed by atoms with Gasteiger partial charge < -0.3 is 14.8 Å². The Morgan fingerprint density at radius 1 is 1.15 bits per heavy atom. The number of rotatable bonds is 4. The van der Waals surface area contributed by atoms with Gasteiger partial charge in [-0.3, -0.25) is 9.78 Å². The van der Waals surface area contributed by atoms with Crippen LogP contribution in [0, 0.1) is 11.8 Å². The highest BCUT2D eigenvalue weighted by atomic mass is 16.3. The zero-order valence-corrected chi connectivity index (χ0v) is 14.3. The monoisotopic (exact) mass is 352 g/mol. The predicted octanol–water partition coefficient (Wildman–Crippen LogP) is 3.02. The minimum absolute atomic E-state index is 0.00686. The lowest BCUT2D eigenvalue weighted by molar-refractivity contribution is -0.121. The van der Waals surface area contributed by atoms with Crippen LogP contribution in [-0.2, 0) is 4.79 Å². The molecule has 26 heavy (non-hydrogen) atoms. The summed E-state index contributed by atoms with van der Waals surface area (Å²) in [5.41, 5.74) is 1.57. The number of hydrogen-bond donors (Lipinski definition) is 2. The molecule has 1 saturated carbocycles. The first-order valence-corrected chi connectivity index (χ1v) is 8.79. The number of aromatic nitrogens is 3.